The highest BCUT2D eigenvalue weighted by molar-refractivity contribution is 9.10. The zero-order valence-electron chi connectivity index (χ0n) is 12.6. The molecule has 22 heavy (non-hydrogen) atoms. The highest BCUT2D eigenvalue weighted by Crippen LogP contribution is 2.20. The fourth-order valence-electron chi connectivity index (χ4n) is 3.12. The van der Waals surface area contributed by atoms with Gasteiger partial charge in [-0.05, 0) is 34.8 Å². The molecule has 0 radical (unpaired) electrons. The van der Waals surface area contributed by atoms with E-state index in [1.54, 1.807) is 6.20 Å². The van der Waals surface area contributed by atoms with Crippen LogP contribution in [0.3, 0.4) is 0 Å². The van der Waals surface area contributed by atoms with E-state index in [9.17, 15) is 4.79 Å². The highest BCUT2D eigenvalue weighted by Gasteiger charge is 2.29. The van der Waals surface area contributed by atoms with E-state index in [1.807, 2.05) is 17.0 Å². The number of amides is 2. The number of pyridine rings is 1. The number of halogens is 1. The third-order valence-electron chi connectivity index (χ3n) is 4.35. The van der Waals surface area contributed by atoms with Crippen LogP contribution in [0.15, 0.2) is 22.8 Å². The molecule has 3 rings (SSSR count). The lowest BCUT2D eigenvalue weighted by Gasteiger charge is -2.26. The fourth-order valence-corrected chi connectivity index (χ4v) is 3.36. The largest absolute Gasteiger partial charge is 0.472 e. The van der Waals surface area contributed by atoms with E-state index in [4.69, 9.17) is 4.74 Å². The molecule has 1 atom stereocenters. The Kier molecular flexibility index (Phi) is 5.18. The lowest BCUT2D eigenvalue weighted by Crippen LogP contribution is -2.45. The van der Waals surface area contributed by atoms with Crippen LogP contribution in [-0.2, 0) is 0 Å². The van der Waals surface area contributed by atoms with Crippen LogP contribution in [0, 0.1) is 0 Å². The molecule has 1 unspecified atom stereocenters. The number of nitrogens with one attached hydrogen (secondary N) is 1. The summed E-state index contributed by atoms with van der Waals surface area (Å²) < 4.78 is 6.78. The van der Waals surface area contributed by atoms with Gasteiger partial charge in [0.15, 0.2) is 0 Å². The Labute approximate surface area is 139 Å². The van der Waals surface area contributed by atoms with Gasteiger partial charge in [-0.2, -0.15) is 0 Å². The first kappa shape index (κ1) is 15.6. The predicted octanol–water partition coefficient (Wildman–Crippen LogP) is 3.34. The van der Waals surface area contributed by atoms with Crippen molar-refractivity contribution in [3.63, 3.8) is 0 Å². The highest BCUT2D eigenvalue weighted by atomic mass is 79.9. The summed E-state index contributed by atoms with van der Waals surface area (Å²) in [5, 5.41) is 3.16. The minimum Gasteiger partial charge on any atom is -0.472 e. The van der Waals surface area contributed by atoms with Gasteiger partial charge in [-0.15, -0.1) is 0 Å². The number of ether oxygens (including phenoxy) is 1. The molecule has 1 aromatic heterocycles. The molecule has 0 spiro atoms. The third kappa shape index (κ3) is 4.12. The molecule has 1 aromatic rings. The second kappa shape index (κ2) is 7.31. The van der Waals surface area contributed by atoms with Gasteiger partial charge in [0.2, 0.25) is 5.88 Å². The summed E-state index contributed by atoms with van der Waals surface area (Å²) >= 11 is 3.35. The van der Waals surface area contributed by atoms with Gasteiger partial charge in [0.25, 0.3) is 0 Å². The van der Waals surface area contributed by atoms with Crippen molar-refractivity contribution in [2.24, 2.45) is 0 Å². The van der Waals surface area contributed by atoms with E-state index in [0.29, 0.717) is 18.5 Å². The first-order valence-electron chi connectivity index (χ1n) is 8.04. The summed E-state index contributed by atoms with van der Waals surface area (Å²) in [6.45, 7) is 1.38. The van der Waals surface area contributed by atoms with Crippen LogP contribution < -0.4 is 10.1 Å². The number of likely N-dealkylation sites (tertiary alicyclic amines) is 1. The SMILES string of the molecule is O=C(NC1CCCCC1)N1CCC(Oc2ccc(Br)cn2)C1. The summed E-state index contributed by atoms with van der Waals surface area (Å²) in [4.78, 5) is 18.4. The Hall–Kier alpha value is -1.30. The molecule has 1 aliphatic carbocycles. The average molecular weight is 368 g/mol. The summed E-state index contributed by atoms with van der Waals surface area (Å²) in [5.41, 5.74) is 0. The van der Waals surface area contributed by atoms with Crippen LogP contribution in [0.5, 0.6) is 5.88 Å². The molecule has 2 amide bonds. The number of hydrogen-bond donors (Lipinski definition) is 1. The molecule has 1 N–H and O–H groups in total. The standard InChI is InChI=1S/C16H22BrN3O2/c17-12-6-7-15(18-10-12)22-14-8-9-20(11-14)16(21)19-13-4-2-1-3-5-13/h6-7,10,13-14H,1-5,8-9,11H2,(H,19,21). The molecular formula is C16H22BrN3O2. The Morgan fingerprint density at radius 2 is 2.09 bits per heavy atom. The number of carbonyl (C=O) groups is 1. The summed E-state index contributed by atoms with van der Waals surface area (Å²) in [6, 6.07) is 4.16. The number of hydrogen-bond acceptors (Lipinski definition) is 3. The monoisotopic (exact) mass is 367 g/mol. The Balaban J connectivity index is 1.46. The molecule has 6 heteroatoms. The van der Waals surface area contributed by atoms with E-state index >= 15 is 0 Å². The van der Waals surface area contributed by atoms with Gasteiger partial charge in [0, 0.05) is 35.7 Å². The second-order valence-corrected chi connectivity index (χ2v) is 6.99. The van der Waals surface area contributed by atoms with E-state index in [2.05, 4.69) is 26.2 Å². The average Bonchev–Trinajstić information content (AvgIpc) is 2.99. The van der Waals surface area contributed by atoms with Crippen LogP contribution in [-0.4, -0.2) is 41.2 Å². The van der Waals surface area contributed by atoms with Crippen LogP contribution in [0.2, 0.25) is 0 Å². The zero-order valence-corrected chi connectivity index (χ0v) is 14.2. The molecule has 0 aromatic carbocycles. The Morgan fingerprint density at radius 3 is 2.82 bits per heavy atom. The van der Waals surface area contributed by atoms with Gasteiger partial charge in [0.1, 0.15) is 6.10 Å². The smallest absolute Gasteiger partial charge is 0.317 e. The van der Waals surface area contributed by atoms with Crippen LogP contribution in [0.4, 0.5) is 4.79 Å². The molecule has 0 bridgehead atoms. The Morgan fingerprint density at radius 1 is 1.27 bits per heavy atom. The van der Waals surface area contributed by atoms with Gasteiger partial charge >= 0.3 is 6.03 Å². The first-order valence-corrected chi connectivity index (χ1v) is 8.83. The van der Waals surface area contributed by atoms with Crippen molar-refractivity contribution in [1.29, 1.82) is 0 Å². The zero-order chi connectivity index (χ0) is 15.4. The van der Waals surface area contributed by atoms with Gasteiger partial charge in [-0.3, -0.25) is 0 Å². The molecule has 2 heterocycles. The molecule has 120 valence electrons. The lowest BCUT2D eigenvalue weighted by molar-refractivity contribution is 0.179. The molecule has 1 aliphatic heterocycles. The van der Waals surface area contributed by atoms with Crippen molar-refractivity contribution in [1.82, 2.24) is 15.2 Å². The molecule has 2 aliphatic rings. The fraction of sp³-hybridized carbons (Fsp3) is 0.625. The van der Waals surface area contributed by atoms with Crippen LogP contribution in [0.25, 0.3) is 0 Å². The van der Waals surface area contributed by atoms with E-state index in [-0.39, 0.29) is 12.1 Å². The van der Waals surface area contributed by atoms with Crippen LogP contribution in [0.1, 0.15) is 38.5 Å². The predicted molar refractivity (Wildman–Crippen MR) is 87.9 cm³/mol. The minimum absolute atomic E-state index is 0.0331. The number of rotatable bonds is 3. The number of urea groups is 1. The maximum atomic E-state index is 12.3. The van der Waals surface area contributed by atoms with Crippen LogP contribution >= 0.6 is 15.9 Å². The van der Waals surface area contributed by atoms with Gasteiger partial charge < -0.3 is 15.0 Å². The Bertz CT molecular complexity index is 503. The minimum atomic E-state index is 0.0331. The maximum absolute atomic E-state index is 12.3. The van der Waals surface area contributed by atoms with Crippen molar-refractivity contribution in [3.8, 4) is 5.88 Å². The van der Waals surface area contributed by atoms with Crippen molar-refractivity contribution in [2.75, 3.05) is 13.1 Å². The van der Waals surface area contributed by atoms with Crippen molar-refractivity contribution in [3.05, 3.63) is 22.8 Å². The van der Waals surface area contributed by atoms with E-state index in [0.717, 1.165) is 30.3 Å². The molecular weight excluding hydrogens is 346 g/mol. The molecule has 5 nitrogen and oxygen atoms in total. The van der Waals surface area contributed by atoms with Gasteiger partial charge in [0.05, 0.1) is 6.54 Å². The van der Waals surface area contributed by atoms with Crippen molar-refractivity contribution < 1.29 is 9.53 Å². The summed E-state index contributed by atoms with van der Waals surface area (Å²) in [6.07, 6.45) is 8.59. The second-order valence-electron chi connectivity index (χ2n) is 6.07. The van der Waals surface area contributed by atoms with Gasteiger partial charge in [-0.25, -0.2) is 9.78 Å². The summed E-state index contributed by atoms with van der Waals surface area (Å²) in [5.74, 6) is 0.614. The topological polar surface area (TPSA) is 54.5 Å². The quantitative estimate of drug-likeness (QED) is 0.891. The first-order chi connectivity index (χ1) is 10.7. The lowest BCUT2D eigenvalue weighted by atomic mass is 9.96. The maximum Gasteiger partial charge on any atom is 0.317 e. The summed E-state index contributed by atoms with van der Waals surface area (Å²) in [7, 11) is 0. The van der Waals surface area contributed by atoms with E-state index in [1.165, 1.54) is 19.3 Å². The number of carbonyl (C=O) groups excluding carboxylic acids is 1. The number of nitrogens with zero attached hydrogens (tertiary/aromatic N) is 2. The molecule has 2 fully saturated rings. The normalized spacial score (nSPS) is 22.6. The van der Waals surface area contributed by atoms with E-state index < -0.39 is 0 Å². The molecule has 1 saturated heterocycles. The number of aromatic nitrogens is 1. The molecule has 1 saturated carbocycles. The van der Waals surface area contributed by atoms with Gasteiger partial charge in [-0.1, -0.05) is 19.3 Å². The third-order valence-corrected chi connectivity index (χ3v) is 4.82. The van der Waals surface area contributed by atoms with Crippen molar-refractivity contribution in [2.45, 2.75) is 50.7 Å². The van der Waals surface area contributed by atoms with Crippen molar-refractivity contribution >= 4 is 22.0 Å².